The normalized spacial score (nSPS) is 16.8. The number of hydrogen-bond acceptors (Lipinski definition) is 5. The van der Waals surface area contributed by atoms with E-state index in [1.807, 2.05) is 13.1 Å². The number of aryl methyl sites for hydroxylation is 1. The number of nitrogens with zero attached hydrogens (tertiary/aromatic N) is 4. The molecular formula is C17H23IN6O2. The third-order valence-corrected chi connectivity index (χ3v) is 4.88. The van der Waals surface area contributed by atoms with Crippen LogP contribution in [0, 0.1) is 0 Å². The average Bonchev–Trinajstić information content (AvgIpc) is 3.08. The predicted octanol–water partition coefficient (Wildman–Crippen LogP) is 1.56. The van der Waals surface area contributed by atoms with Crippen LogP contribution in [0.2, 0.25) is 0 Å². The Morgan fingerprint density at radius 2 is 2.08 bits per heavy atom. The number of ether oxygens (including phenoxy) is 2. The van der Waals surface area contributed by atoms with Gasteiger partial charge >= 0.3 is 0 Å². The molecule has 8 nitrogen and oxygen atoms in total. The van der Waals surface area contributed by atoms with E-state index in [4.69, 9.17) is 9.47 Å². The summed E-state index contributed by atoms with van der Waals surface area (Å²) in [4.78, 5) is 8.50. The Bertz CT molecular complexity index is 802. The largest absolute Gasteiger partial charge is 0.454 e. The highest BCUT2D eigenvalue weighted by molar-refractivity contribution is 14.0. The summed E-state index contributed by atoms with van der Waals surface area (Å²) >= 11 is 0. The Balaban J connectivity index is 0.00000196. The average molecular weight is 470 g/mol. The Morgan fingerprint density at radius 1 is 1.27 bits per heavy atom. The summed E-state index contributed by atoms with van der Waals surface area (Å²) in [7, 11) is 3.64. The summed E-state index contributed by atoms with van der Waals surface area (Å²) < 4.78 is 12.7. The first-order valence-electron chi connectivity index (χ1n) is 8.38. The molecule has 2 aromatic rings. The van der Waals surface area contributed by atoms with Gasteiger partial charge in [0.15, 0.2) is 17.5 Å². The van der Waals surface area contributed by atoms with Gasteiger partial charge in [-0.05, 0) is 30.5 Å². The fourth-order valence-electron chi connectivity index (χ4n) is 3.06. The lowest BCUT2D eigenvalue weighted by atomic mass is 9.95. The minimum Gasteiger partial charge on any atom is -0.454 e. The number of nitrogens with one attached hydrogen (secondary N) is 2. The van der Waals surface area contributed by atoms with E-state index in [2.05, 4.69) is 37.8 Å². The molecule has 2 aliphatic rings. The van der Waals surface area contributed by atoms with Crippen LogP contribution in [0.25, 0.3) is 0 Å². The maximum absolute atomic E-state index is 5.51. The van der Waals surface area contributed by atoms with Gasteiger partial charge in [0, 0.05) is 26.1 Å². The van der Waals surface area contributed by atoms with Gasteiger partial charge in [-0.15, -0.1) is 24.0 Å². The molecule has 9 heteroatoms. The molecule has 0 spiro atoms. The van der Waals surface area contributed by atoms with E-state index in [-0.39, 0.29) is 29.4 Å². The number of rotatable bonds is 5. The predicted molar refractivity (Wildman–Crippen MR) is 108 cm³/mol. The molecule has 140 valence electrons. The zero-order chi connectivity index (χ0) is 17.3. The summed E-state index contributed by atoms with van der Waals surface area (Å²) in [5.74, 6) is 3.29. The molecule has 0 unspecified atom stereocenters. The molecule has 1 aliphatic carbocycles. The number of hydrogen-bond donors (Lipinski definition) is 2. The van der Waals surface area contributed by atoms with Crippen molar-refractivity contribution >= 4 is 29.9 Å². The van der Waals surface area contributed by atoms with Crippen LogP contribution in [-0.4, -0.2) is 41.1 Å². The Hall–Kier alpha value is -2.04. The van der Waals surface area contributed by atoms with Gasteiger partial charge in [-0.25, -0.2) is 4.98 Å². The monoisotopic (exact) mass is 470 g/mol. The van der Waals surface area contributed by atoms with Crippen LogP contribution in [-0.2, 0) is 19.0 Å². The highest BCUT2D eigenvalue weighted by Crippen LogP contribution is 2.49. The first-order chi connectivity index (χ1) is 12.2. The van der Waals surface area contributed by atoms with E-state index in [9.17, 15) is 0 Å². The first-order valence-corrected chi connectivity index (χ1v) is 8.38. The first kappa shape index (κ1) is 18.7. The van der Waals surface area contributed by atoms with Crippen LogP contribution < -0.4 is 20.1 Å². The van der Waals surface area contributed by atoms with Gasteiger partial charge in [-0.1, -0.05) is 6.07 Å². The molecule has 1 saturated carbocycles. The lowest BCUT2D eigenvalue weighted by molar-refractivity contribution is 0.174. The zero-order valence-corrected chi connectivity index (χ0v) is 17.2. The summed E-state index contributed by atoms with van der Waals surface area (Å²) in [6, 6.07) is 6.24. The van der Waals surface area contributed by atoms with E-state index < -0.39 is 0 Å². The number of halogens is 1. The van der Waals surface area contributed by atoms with Crippen molar-refractivity contribution in [1.29, 1.82) is 0 Å². The fraction of sp³-hybridized carbons (Fsp3) is 0.471. The van der Waals surface area contributed by atoms with Crippen LogP contribution >= 0.6 is 24.0 Å². The van der Waals surface area contributed by atoms with E-state index in [0.717, 1.165) is 42.7 Å². The molecule has 26 heavy (non-hydrogen) atoms. The lowest BCUT2D eigenvalue weighted by Gasteiger charge is -2.19. The summed E-state index contributed by atoms with van der Waals surface area (Å²) in [5, 5.41) is 10.8. The standard InChI is InChI=1S/C17H22N6O2.HI/c1-18-16(19-8-15-21-10-22-23(15)2)20-9-17(5-6-17)12-3-4-13-14(7-12)25-11-24-13;/h3-4,7,10H,5-6,8-9,11H2,1-2H3,(H2,18,19,20);1H. The molecule has 1 fully saturated rings. The second-order valence-electron chi connectivity index (χ2n) is 6.43. The van der Waals surface area contributed by atoms with Crippen molar-refractivity contribution in [2.24, 2.45) is 12.0 Å². The zero-order valence-electron chi connectivity index (χ0n) is 14.9. The molecule has 1 aromatic heterocycles. The smallest absolute Gasteiger partial charge is 0.231 e. The van der Waals surface area contributed by atoms with Crippen LogP contribution in [0.4, 0.5) is 0 Å². The molecular weight excluding hydrogens is 447 g/mol. The molecule has 0 bridgehead atoms. The van der Waals surface area contributed by atoms with Crippen molar-refractivity contribution in [2.45, 2.75) is 24.8 Å². The second-order valence-corrected chi connectivity index (χ2v) is 6.43. The minimum atomic E-state index is 0. The molecule has 0 amide bonds. The fourth-order valence-corrected chi connectivity index (χ4v) is 3.06. The van der Waals surface area contributed by atoms with Crippen molar-refractivity contribution < 1.29 is 9.47 Å². The Labute approximate surface area is 169 Å². The number of guanidine groups is 1. The Kier molecular flexibility index (Phi) is 5.54. The van der Waals surface area contributed by atoms with Crippen molar-refractivity contribution in [3.05, 3.63) is 35.9 Å². The second kappa shape index (κ2) is 7.68. The molecule has 2 heterocycles. The molecule has 1 aromatic carbocycles. The van der Waals surface area contributed by atoms with Gasteiger partial charge in [0.05, 0.1) is 6.54 Å². The van der Waals surface area contributed by atoms with E-state index in [1.54, 1.807) is 18.1 Å². The maximum atomic E-state index is 5.51. The third kappa shape index (κ3) is 3.71. The van der Waals surface area contributed by atoms with Gasteiger partial charge in [0.2, 0.25) is 6.79 Å². The van der Waals surface area contributed by atoms with Gasteiger partial charge in [-0.3, -0.25) is 9.67 Å². The highest BCUT2D eigenvalue weighted by Gasteiger charge is 2.44. The summed E-state index contributed by atoms with van der Waals surface area (Å²) in [6.45, 7) is 1.71. The van der Waals surface area contributed by atoms with Crippen LogP contribution in [0.15, 0.2) is 29.5 Å². The van der Waals surface area contributed by atoms with Gasteiger partial charge in [-0.2, -0.15) is 5.10 Å². The molecule has 1 aliphatic heterocycles. The number of benzene rings is 1. The van der Waals surface area contributed by atoms with E-state index in [0.29, 0.717) is 13.3 Å². The summed E-state index contributed by atoms with van der Waals surface area (Å²) in [5.41, 5.74) is 1.43. The van der Waals surface area contributed by atoms with Crippen molar-refractivity contribution in [3.63, 3.8) is 0 Å². The highest BCUT2D eigenvalue weighted by atomic mass is 127. The lowest BCUT2D eigenvalue weighted by Crippen LogP contribution is -2.41. The summed E-state index contributed by atoms with van der Waals surface area (Å²) in [6.07, 6.45) is 3.85. The number of fused-ring (bicyclic) bond motifs is 1. The minimum absolute atomic E-state index is 0. The SMILES string of the molecule is CN=C(NCc1ncnn1C)NCC1(c2ccc3c(c2)OCO3)CC1.I. The van der Waals surface area contributed by atoms with Gasteiger partial charge in [0.25, 0.3) is 0 Å². The van der Waals surface area contributed by atoms with Gasteiger partial charge in [0.1, 0.15) is 12.2 Å². The van der Waals surface area contributed by atoms with Crippen molar-refractivity contribution in [1.82, 2.24) is 25.4 Å². The molecule has 2 N–H and O–H groups in total. The van der Waals surface area contributed by atoms with Crippen LogP contribution in [0.1, 0.15) is 24.2 Å². The maximum Gasteiger partial charge on any atom is 0.231 e. The molecule has 4 rings (SSSR count). The molecule has 0 atom stereocenters. The van der Waals surface area contributed by atoms with Crippen molar-refractivity contribution in [3.8, 4) is 11.5 Å². The molecule has 0 radical (unpaired) electrons. The topological polar surface area (TPSA) is 85.6 Å². The molecule has 0 saturated heterocycles. The number of aromatic nitrogens is 3. The Morgan fingerprint density at radius 3 is 2.77 bits per heavy atom. The van der Waals surface area contributed by atoms with Gasteiger partial charge < -0.3 is 20.1 Å². The van der Waals surface area contributed by atoms with Crippen LogP contribution in [0.5, 0.6) is 11.5 Å². The van der Waals surface area contributed by atoms with Crippen molar-refractivity contribution in [2.75, 3.05) is 20.4 Å². The third-order valence-electron chi connectivity index (χ3n) is 4.88. The number of aliphatic imine (C=N–C) groups is 1. The quantitative estimate of drug-likeness (QED) is 0.392. The van der Waals surface area contributed by atoms with E-state index in [1.165, 1.54) is 5.56 Å². The van der Waals surface area contributed by atoms with E-state index >= 15 is 0 Å². The van der Waals surface area contributed by atoms with Crippen LogP contribution in [0.3, 0.4) is 0 Å².